The summed E-state index contributed by atoms with van der Waals surface area (Å²) < 4.78 is 6.63. The largest absolute Gasteiger partial charge is 0.459 e. The quantitative estimate of drug-likeness (QED) is 0.709. The number of carbonyl (C=O) groups is 1. The minimum absolute atomic E-state index is 0.111. The zero-order chi connectivity index (χ0) is 10.6. The summed E-state index contributed by atoms with van der Waals surface area (Å²) in [5, 5.41) is 3.97. The van der Waals surface area contributed by atoms with Crippen LogP contribution in [0.4, 0.5) is 0 Å². The average molecular weight is 197 g/mol. The Labute approximate surface area is 82.8 Å². The van der Waals surface area contributed by atoms with E-state index in [0.717, 1.165) is 0 Å². The van der Waals surface area contributed by atoms with E-state index in [1.54, 1.807) is 10.9 Å². The second kappa shape index (κ2) is 4.76. The van der Waals surface area contributed by atoms with E-state index in [2.05, 4.69) is 5.10 Å². The van der Waals surface area contributed by atoms with Crippen LogP contribution in [-0.4, -0.2) is 28.4 Å². The molecule has 0 saturated carbocycles. The number of hydrogen-bond donors (Lipinski definition) is 1. The predicted octanol–water partition coefficient (Wildman–Crippen LogP) is 0.407. The summed E-state index contributed by atoms with van der Waals surface area (Å²) in [5.74, 6) is -0.344. The highest BCUT2D eigenvalue weighted by molar-refractivity contribution is 5.88. The molecule has 0 saturated heterocycles. The summed E-state index contributed by atoms with van der Waals surface area (Å²) in [6.07, 6.45) is 3.01. The third kappa shape index (κ3) is 2.85. The van der Waals surface area contributed by atoms with Gasteiger partial charge in [0.2, 0.25) is 0 Å². The molecule has 78 valence electrons. The minimum Gasteiger partial charge on any atom is -0.459 e. The Balaban J connectivity index is 2.62. The lowest BCUT2D eigenvalue weighted by Crippen LogP contribution is -2.12. The molecule has 5 heteroatoms. The van der Waals surface area contributed by atoms with Gasteiger partial charge in [0, 0.05) is 12.7 Å². The highest BCUT2D eigenvalue weighted by Gasteiger charge is 2.10. The molecule has 0 radical (unpaired) electrons. The zero-order valence-electron chi connectivity index (χ0n) is 8.43. The summed E-state index contributed by atoms with van der Waals surface area (Å²) >= 11 is 0. The zero-order valence-corrected chi connectivity index (χ0v) is 8.43. The third-order valence-electron chi connectivity index (χ3n) is 1.57. The van der Waals surface area contributed by atoms with Crippen molar-refractivity contribution in [1.29, 1.82) is 0 Å². The van der Waals surface area contributed by atoms with E-state index in [4.69, 9.17) is 10.5 Å². The molecule has 0 aliphatic heterocycles. The van der Waals surface area contributed by atoms with Crippen LogP contribution >= 0.6 is 0 Å². The lowest BCUT2D eigenvalue weighted by atomic mass is 10.3. The van der Waals surface area contributed by atoms with Gasteiger partial charge >= 0.3 is 5.97 Å². The number of hydrogen-bond acceptors (Lipinski definition) is 4. The molecule has 0 aliphatic rings. The van der Waals surface area contributed by atoms with Gasteiger partial charge in [-0.2, -0.15) is 5.10 Å². The van der Waals surface area contributed by atoms with E-state index in [1.807, 2.05) is 13.8 Å². The molecule has 1 heterocycles. The summed E-state index contributed by atoms with van der Waals surface area (Å²) in [7, 11) is 0. The number of nitrogens with two attached hydrogens (primary N) is 1. The van der Waals surface area contributed by atoms with Crippen molar-refractivity contribution < 1.29 is 9.53 Å². The minimum atomic E-state index is -0.344. The van der Waals surface area contributed by atoms with Gasteiger partial charge in [0.15, 0.2) is 0 Å². The normalized spacial score (nSPS) is 10.6. The molecule has 0 aliphatic carbocycles. The maximum absolute atomic E-state index is 11.4. The molecule has 2 N–H and O–H groups in total. The van der Waals surface area contributed by atoms with E-state index in [1.165, 1.54) is 6.20 Å². The molecule has 1 rings (SSSR count). The summed E-state index contributed by atoms with van der Waals surface area (Å²) in [4.78, 5) is 11.4. The molecule has 0 unspecified atom stereocenters. The molecule has 0 atom stereocenters. The van der Waals surface area contributed by atoms with Gasteiger partial charge in [-0.1, -0.05) is 0 Å². The Kier molecular flexibility index (Phi) is 3.64. The molecular formula is C9H15N3O2. The van der Waals surface area contributed by atoms with E-state index in [0.29, 0.717) is 18.7 Å². The van der Waals surface area contributed by atoms with Gasteiger partial charge in [0.25, 0.3) is 0 Å². The lowest BCUT2D eigenvalue weighted by molar-refractivity contribution is 0.0378. The topological polar surface area (TPSA) is 70.1 Å². The van der Waals surface area contributed by atoms with Crippen molar-refractivity contribution in [2.75, 3.05) is 6.54 Å². The predicted molar refractivity (Wildman–Crippen MR) is 51.8 cm³/mol. The van der Waals surface area contributed by atoms with Crippen molar-refractivity contribution in [3.63, 3.8) is 0 Å². The molecule has 1 aromatic heterocycles. The van der Waals surface area contributed by atoms with Crippen LogP contribution in [0.15, 0.2) is 12.4 Å². The molecule has 0 amide bonds. The number of carbonyl (C=O) groups excluding carboxylic acids is 1. The number of esters is 1. The molecule has 0 bridgehead atoms. The van der Waals surface area contributed by atoms with Gasteiger partial charge in [-0.15, -0.1) is 0 Å². The lowest BCUT2D eigenvalue weighted by Gasteiger charge is -2.05. The first-order valence-electron chi connectivity index (χ1n) is 4.57. The van der Waals surface area contributed by atoms with Crippen molar-refractivity contribution in [1.82, 2.24) is 9.78 Å². The van der Waals surface area contributed by atoms with Crippen LogP contribution in [0.1, 0.15) is 24.2 Å². The Morgan fingerprint density at radius 1 is 1.71 bits per heavy atom. The van der Waals surface area contributed by atoms with Crippen LogP contribution in [0, 0.1) is 0 Å². The highest BCUT2D eigenvalue weighted by Crippen LogP contribution is 2.02. The number of aromatic nitrogens is 2. The summed E-state index contributed by atoms with van der Waals surface area (Å²) in [6, 6.07) is 0. The van der Waals surface area contributed by atoms with E-state index in [9.17, 15) is 4.79 Å². The number of nitrogens with zero attached hydrogens (tertiary/aromatic N) is 2. The number of rotatable bonds is 4. The first kappa shape index (κ1) is 10.7. The van der Waals surface area contributed by atoms with Gasteiger partial charge < -0.3 is 10.5 Å². The highest BCUT2D eigenvalue weighted by atomic mass is 16.5. The van der Waals surface area contributed by atoms with Crippen molar-refractivity contribution in [3.05, 3.63) is 18.0 Å². The second-order valence-corrected chi connectivity index (χ2v) is 3.23. The van der Waals surface area contributed by atoms with E-state index in [-0.39, 0.29) is 12.1 Å². The fourth-order valence-corrected chi connectivity index (χ4v) is 1.01. The van der Waals surface area contributed by atoms with Crippen molar-refractivity contribution >= 4 is 5.97 Å². The molecule has 14 heavy (non-hydrogen) atoms. The van der Waals surface area contributed by atoms with Gasteiger partial charge in [-0.05, 0) is 13.8 Å². The first-order chi connectivity index (χ1) is 6.63. The van der Waals surface area contributed by atoms with Gasteiger partial charge in [-0.25, -0.2) is 4.79 Å². The molecule has 0 spiro atoms. The van der Waals surface area contributed by atoms with E-state index < -0.39 is 0 Å². The van der Waals surface area contributed by atoms with Crippen LogP contribution in [0.2, 0.25) is 0 Å². The third-order valence-corrected chi connectivity index (χ3v) is 1.57. The van der Waals surface area contributed by atoms with Gasteiger partial charge in [-0.3, -0.25) is 4.68 Å². The fraction of sp³-hybridized carbons (Fsp3) is 0.556. The summed E-state index contributed by atoms with van der Waals surface area (Å²) in [6.45, 7) is 4.72. The molecule has 5 nitrogen and oxygen atoms in total. The Bertz CT molecular complexity index is 307. The smallest absolute Gasteiger partial charge is 0.341 e. The van der Waals surface area contributed by atoms with Crippen molar-refractivity contribution in [2.24, 2.45) is 5.73 Å². The van der Waals surface area contributed by atoms with Gasteiger partial charge in [0.1, 0.15) is 0 Å². The second-order valence-electron chi connectivity index (χ2n) is 3.23. The van der Waals surface area contributed by atoms with Crippen LogP contribution in [0.3, 0.4) is 0 Å². The molecule has 0 aromatic carbocycles. The van der Waals surface area contributed by atoms with Crippen LogP contribution in [0.25, 0.3) is 0 Å². The van der Waals surface area contributed by atoms with Crippen LogP contribution in [-0.2, 0) is 11.3 Å². The first-order valence-corrected chi connectivity index (χ1v) is 4.57. The average Bonchev–Trinajstić information content (AvgIpc) is 2.52. The Morgan fingerprint density at radius 2 is 2.43 bits per heavy atom. The number of ether oxygens (including phenoxy) is 1. The summed E-state index contributed by atoms with van der Waals surface area (Å²) in [5.41, 5.74) is 5.81. The van der Waals surface area contributed by atoms with Crippen molar-refractivity contribution in [3.8, 4) is 0 Å². The van der Waals surface area contributed by atoms with Crippen LogP contribution < -0.4 is 5.73 Å². The van der Waals surface area contributed by atoms with Crippen molar-refractivity contribution in [2.45, 2.75) is 26.5 Å². The maximum Gasteiger partial charge on any atom is 0.341 e. The SMILES string of the molecule is CC(C)OC(=O)c1cnn(CCN)c1. The molecular weight excluding hydrogens is 182 g/mol. The van der Waals surface area contributed by atoms with E-state index >= 15 is 0 Å². The van der Waals surface area contributed by atoms with Gasteiger partial charge in [0.05, 0.1) is 24.4 Å². The monoisotopic (exact) mass is 197 g/mol. The van der Waals surface area contributed by atoms with Crippen LogP contribution in [0.5, 0.6) is 0 Å². The fourth-order valence-electron chi connectivity index (χ4n) is 1.01. The molecule has 0 fully saturated rings. The molecule has 1 aromatic rings. The Hall–Kier alpha value is -1.36. The Morgan fingerprint density at radius 3 is 3.00 bits per heavy atom. The maximum atomic E-state index is 11.4. The standard InChI is InChI=1S/C9H15N3O2/c1-7(2)14-9(13)8-5-11-12(6-8)4-3-10/h5-7H,3-4,10H2,1-2H3.